The van der Waals surface area contributed by atoms with E-state index in [0.717, 1.165) is 18.9 Å². The van der Waals surface area contributed by atoms with Crippen LogP contribution in [0.25, 0.3) is 0 Å². The van der Waals surface area contributed by atoms with Crippen molar-refractivity contribution in [1.29, 1.82) is 0 Å². The maximum atomic E-state index is 13.0. The molecule has 3 rings (SSSR count). The predicted octanol–water partition coefficient (Wildman–Crippen LogP) is 1.34. The number of piperidine rings is 1. The third-order valence-corrected chi connectivity index (χ3v) is 6.57. The highest BCUT2D eigenvalue weighted by molar-refractivity contribution is 7.89. The Balaban J connectivity index is 2.03. The quantitative estimate of drug-likeness (QED) is 0.646. The van der Waals surface area contributed by atoms with E-state index in [1.54, 1.807) is 0 Å². The number of benzene rings is 1. The molecule has 1 aromatic carbocycles. The lowest BCUT2D eigenvalue weighted by molar-refractivity contribution is -0.385. The molecule has 0 amide bonds. The second-order valence-corrected chi connectivity index (χ2v) is 8.14. The van der Waals surface area contributed by atoms with Crippen LogP contribution in [-0.4, -0.2) is 55.0 Å². The molecule has 132 valence electrons. The van der Waals surface area contributed by atoms with Crippen molar-refractivity contribution in [3.8, 4) is 0 Å². The summed E-state index contributed by atoms with van der Waals surface area (Å²) in [6.07, 6.45) is 2.34. The van der Waals surface area contributed by atoms with Crippen molar-refractivity contribution in [3.63, 3.8) is 0 Å². The molecule has 2 saturated heterocycles. The summed E-state index contributed by atoms with van der Waals surface area (Å²) in [5, 5.41) is 20.7. The Kier molecular flexibility index (Phi) is 4.75. The van der Waals surface area contributed by atoms with Gasteiger partial charge in [0.2, 0.25) is 10.0 Å². The molecule has 0 spiro atoms. The number of sulfonamides is 1. The molecule has 9 heteroatoms. The van der Waals surface area contributed by atoms with Crippen LogP contribution < -0.4 is 4.90 Å². The fourth-order valence-corrected chi connectivity index (χ4v) is 5.01. The van der Waals surface area contributed by atoms with Gasteiger partial charge in [0.1, 0.15) is 4.90 Å². The van der Waals surface area contributed by atoms with E-state index in [4.69, 9.17) is 0 Å². The van der Waals surface area contributed by atoms with Gasteiger partial charge in [0.25, 0.3) is 5.69 Å². The van der Waals surface area contributed by atoms with E-state index in [-0.39, 0.29) is 16.7 Å². The Labute approximate surface area is 140 Å². The third kappa shape index (κ3) is 3.24. The molecule has 2 aliphatic rings. The van der Waals surface area contributed by atoms with E-state index in [2.05, 4.69) is 0 Å². The van der Waals surface area contributed by atoms with Gasteiger partial charge in [-0.05, 0) is 31.7 Å². The van der Waals surface area contributed by atoms with Gasteiger partial charge in [0, 0.05) is 38.3 Å². The summed E-state index contributed by atoms with van der Waals surface area (Å²) in [7, 11) is -3.76. The molecule has 0 saturated carbocycles. The van der Waals surface area contributed by atoms with Gasteiger partial charge in [0.05, 0.1) is 16.7 Å². The molecular formula is C15H21N3O5S. The second-order valence-electron chi connectivity index (χ2n) is 6.24. The van der Waals surface area contributed by atoms with Crippen LogP contribution in [0.1, 0.15) is 25.7 Å². The van der Waals surface area contributed by atoms with Crippen LogP contribution in [0.4, 0.5) is 11.4 Å². The summed E-state index contributed by atoms with van der Waals surface area (Å²) in [6, 6.07) is 4.01. The number of nitro groups is 1. The zero-order valence-electron chi connectivity index (χ0n) is 13.3. The highest BCUT2D eigenvalue weighted by atomic mass is 32.2. The lowest BCUT2D eigenvalue weighted by Crippen LogP contribution is -2.37. The summed E-state index contributed by atoms with van der Waals surface area (Å²) in [5.41, 5.74) is 0.257. The smallest absolute Gasteiger partial charge is 0.270 e. The standard InChI is InChI=1S/C15H21N3O5S/c19-13-5-9-16(10-6-13)14-4-3-12(18(20)21)11-15(14)24(22,23)17-7-1-2-8-17/h3-4,11,13,19H,1-2,5-10H2. The Hall–Kier alpha value is -1.71. The van der Waals surface area contributed by atoms with Crippen molar-refractivity contribution in [1.82, 2.24) is 4.31 Å². The Bertz CT molecular complexity index is 723. The summed E-state index contributed by atoms with van der Waals surface area (Å²) in [4.78, 5) is 12.4. The summed E-state index contributed by atoms with van der Waals surface area (Å²) in [6.45, 7) is 1.95. The second kappa shape index (κ2) is 6.66. The molecule has 0 unspecified atom stereocenters. The molecule has 0 atom stereocenters. The highest BCUT2D eigenvalue weighted by Crippen LogP contribution is 2.34. The minimum absolute atomic E-state index is 0.00464. The van der Waals surface area contributed by atoms with Crippen LogP contribution in [0, 0.1) is 10.1 Å². The van der Waals surface area contributed by atoms with E-state index in [0.29, 0.717) is 44.7 Å². The van der Waals surface area contributed by atoms with Crippen LogP contribution in [0.2, 0.25) is 0 Å². The third-order valence-electron chi connectivity index (χ3n) is 4.64. The van der Waals surface area contributed by atoms with Gasteiger partial charge in [0.15, 0.2) is 0 Å². The average molecular weight is 355 g/mol. The molecular weight excluding hydrogens is 334 g/mol. The van der Waals surface area contributed by atoms with E-state index in [1.807, 2.05) is 4.90 Å². The number of aliphatic hydroxyl groups excluding tert-OH is 1. The molecule has 0 aromatic heterocycles. The first kappa shape index (κ1) is 17.1. The number of anilines is 1. The Morgan fingerprint density at radius 1 is 1.12 bits per heavy atom. The minimum atomic E-state index is -3.76. The summed E-state index contributed by atoms with van der Waals surface area (Å²) in [5.74, 6) is 0. The van der Waals surface area contributed by atoms with Crippen LogP contribution in [-0.2, 0) is 10.0 Å². The Morgan fingerprint density at radius 2 is 1.75 bits per heavy atom. The predicted molar refractivity (Wildman–Crippen MR) is 88.5 cm³/mol. The first-order chi connectivity index (χ1) is 11.4. The van der Waals surface area contributed by atoms with Crippen molar-refractivity contribution in [2.75, 3.05) is 31.1 Å². The maximum absolute atomic E-state index is 13.0. The molecule has 0 radical (unpaired) electrons. The number of aliphatic hydroxyl groups is 1. The highest BCUT2D eigenvalue weighted by Gasteiger charge is 2.33. The van der Waals surface area contributed by atoms with Crippen LogP contribution in [0.3, 0.4) is 0 Å². The lowest BCUT2D eigenvalue weighted by Gasteiger charge is -2.33. The van der Waals surface area contributed by atoms with E-state index >= 15 is 0 Å². The fourth-order valence-electron chi connectivity index (χ4n) is 3.26. The SMILES string of the molecule is O=[N+]([O-])c1ccc(N2CCC(O)CC2)c(S(=O)(=O)N2CCCC2)c1. The van der Waals surface area contributed by atoms with E-state index in [9.17, 15) is 23.6 Å². The van der Waals surface area contributed by atoms with Crippen molar-refractivity contribution in [2.24, 2.45) is 0 Å². The number of rotatable bonds is 4. The van der Waals surface area contributed by atoms with Crippen molar-refractivity contribution in [3.05, 3.63) is 28.3 Å². The average Bonchev–Trinajstić information content (AvgIpc) is 3.10. The van der Waals surface area contributed by atoms with Crippen molar-refractivity contribution >= 4 is 21.4 Å². The van der Waals surface area contributed by atoms with E-state index < -0.39 is 14.9 Å². The normalized spacial score (nSPS) is 20.5. The molecule has 2 fully saturated rings. The molecule has 0 aliphatic carbocycles. The molecule has 1 N–H and O–H groups in total. The van der Waals surface area contributed by atoms with Gasteiger partial charge < -0.3 is 10.0 Å². The van der Waals surface area contributed by atoms with Gasteiger partial charge in [-0.1, -0.05) is 0 Å². The fraction of sp³-hybridized carbons (Fsp3) is 0.600. The van der Waals surface area contributed by atoms with Crippen LogP contribution in [0.15, 0.2) is 23.1 Å². The molecule has 1 aromatic rings. The number of hydrogen-bond acceptors (Lipinski definition) is 6. The first-order valence-corrected chi connectivity index (χ1v) is 9.55. The molecule has 2 heterocycles. The van der Waals surface area contributed by atoms with Crippen molar-refractivity contribution in [2.45, 2.75) is 36.7 Å². The summed E-state index contributed by atoms with van der Waals surface area (Å²) >= 11 is 0. The molecule has 2 aliphatic heterocycles. The lowest BCUT2D eigenvalue weighted by atomic mass is 10.1. The zero-order chi connectivity index (χ0) is 17.3. The van der Waals surface area contributed by atoms with Gasteiger partial charge in [-0.25, -0.2) is 8.42 Å². The number of nitro benzene ring substituents is 1. The van der Waals surface area contributed by atoms with E-state index in [1.165, 1.54) is 16.4 Å². The van der Waals surface area contributed by atoms with Crippen LogP contribution >= 0.6 is 0 Å². The minimum Gasteiger partial charge on any atom is -0.393 e. The zero-order valence-corrected chi connectivity index (χ0v) is 14.1. The maximum Gasteiger partial charge on any atom is 0.270 e. The van der Waals surface area contributed by atoms with Crippen LogP contribution in [0.5, 0.6) is 0 Å². The summed E-state index contributed by atoms with van der Waals surface area (Å²) < 4.78 is 27.3. The van der Waals surface area contributed by atoms with Gasteiger partial charge in [-0.15, -0.1) is 0 Å². The first-order valence-electron chi connectivity index (χ1n) is 8.11. The molecule has 8 nitrogen and oxygen atoms in total. The number of nitrogens with zero attached hydrogens (tertiary/aromatic N) is 3. The van der Waals surface area contributed by atoms with Gasteiger partial charge in [-0.2, -0.15) is 4.31 Å². The topological polar surface area (TPSA) is 104 Å². The largest absolute Gasteiger partial charge is 0.393 e. The van der Waals surface area contributed by atoms with Gasteiger partial charge in [-0.3, -0.25) is 10.1 Å². The monoisotopic (exact) mass is 355 g/mol. The van der Waals surface area contributed by atoms with Crippen molar-refractivity contribution < 1.29 is 18.4 Å². The molecule has 0 bridgehead atoms. The number of non-ortho nitro benzene ring substituents is 1. The number of hydrogen-bond donors (Lipinski definition) is 1. The van der Waals surface area contributed by atoms with Gasteiger partial charge >= 0.3 is 0 Å². The molecule has 24 heavy (non-hydrogen) atoms. The Morgan fingerprint density at radius 3 is 2.33 bits per heavy atom.